The molecule has 0 unspecified atom stereocenters. The van der Waals surface area contributed by atoms with E-state index in [1.54, 1.807) is 0 Å². The van der Waals surface area contributed by atoms with Crippen LogP contribution in [0.25, 0.3) is 5.69 Å². The molecule has 0 bridgehead atoms. The zero-order valence-corrected chi connectivity index (χ0v) is 13.2. The molecule has 0 atom stereocenters. The van der Waals surface area contributed by atoms with Gasteiger partial charge >= 0.3 is 6.18 Å². The van der Waals surface area contributed by atoms with Crippen molar-refractivity contribution in [3.63, 3.8) is 0 Å². The summed E-state index contributed by atoms with van der Waals surface area (Å²) >= 11 is 4.05. The van der Waals surface area contributed by atoms with Gasteiger partial charge < -0.3 is 5.73 Å². The van der Waals surface area contributed by atoms with E-state index < -0.39 is 34.9 Å². The number of alkyl halides is 3. The highest BCUT2D eigenvalue weighted by Gasteiger charge is 2.34. The van der Waals surface area contributed by atoms with Gasteiger partial charge in [0.25, 0.3) is 17.4 Å². The first-order chi connectivity index (χ1) is 11.6. The van der Waals surface area contributed by atoms with Crippen molar-refractivity contribution in [2.24, 2.45) is 0 Å². The minimum Gasteiger partial charge on any atom is -0.384 e. The van der Waals surface area contributed by atoms with Crippen molar-refractivity contribution in [2.45, 2.75) is 11.9 Å². The molecule has 25 heavy (non-hydrogen) atoms. The van der Waals surface area contributed by atoms with Crippen LogP contribution >= 0.6 is 12.6 Å². The van der Waals surface area contributed by atoms with Crippen LogP contribution in [0, 0.1) is 0 Å². The number of halogens is 3. The second kappa shape index (κ2) is 5.66. The maximum Gasteiger partial charge on any atom is 0.416 e. The highest BCUT2D eigenvalue weighted by Crippen LogP contribution is 2.33. The molecule has 0 spiro atoms. The summed E-state index contributed by atoms with van der Waals surface area (Å²) in [7, 11) is 0. The van der Waals surface area contributed by atoms with Crippen molar-refractivity contribution in [1.82, 2.24) is 9.88 Å². The van der Waals surface area contributed by atoms with E-state index in [4.69, 9.17) is 5.73 Å². The van der Waals surface area contributed by atoms with E-state index in [9.17, 15) is 27.6 Å². The van der Waals surface area contributed by atoms with Crippen LogP contribution in [-0.4, -0.2) is 16.4 Å². The molecule has 3 rings (SSSR count). The van der Waals surface area contributed by atoms with Crippen molar-refractivity contribution in [3.05, 3.63) is 56.9 Å². The monoisotopic (exact) mass is 369 g/mol. The van der Waals surface area contributed by atoms with Crippen LogP contribution in [0.15, 0.2) is 29.1 Å². The predicted octanol–water partition coefficient (Wildman–Crippen LogP) is 1.75. The van der Waals surface area contributed by atoms with Gasteiger partial charge in [0.05, 0.1) is 22.4 Å². The van der Waals surface area contributed by atoms with E-state index in [2.05, 4.69) is 12.6 Å². The molecule has 2 aromatic rings. The third-order valence-electron chi connectivity index (χ3n) is 3.78. The number of amides is 2. The van der Waals surface area contributed by atoms with Crippen molar-refractivity contribution in [2.75, 3.05) is 5.73 Å². The fourth-order valence-electron chi connectivity index (χ4n) is 2.61. The van der Waals surface area contributed by atoms with Gasteiger partial charge in [-0.15, -0.1) is 0 Å². The number of imide groups is 1. The molecule has 0 radical (unpaired) electrons. The maximum absolute atomic E-state index is 13.0. The minimum atomic E-state index is -4.63. The van der Waals surface area contributed by atoms with Gasteiger partial charge in [0.15, 0.2) is 0 Å². The summed E-state index contributed by atoms with van der Waals surface area (Å²) in [4.78, 5) is 35.9. The topological polar surface area (TPSA) is 94.2 Å². The van der Waals surface area contributed by atoms with Gasteiger partial charge in [0.1, 0.15) is 5.82 Å². The summed E-state index contributed by atoms with van der Waals surface area (Å²) in [6.45, 7) is 0. The number of rotatable bonds is 2. The van der Waals surface area contributed by atoms with Crippen LogP contribution in [-0.2, 0) is 11.9 Å². The van der Waals surface area contributed by atoms with Crippen LogP contribution in [0.1, 0.15) is 31.8 Å². The quantitative estimate of drug-likeness (QED) is 0.555. The molecular weight excluding hydrogens is 359 g/mol. The van der Waals surface area contributed by atoms with Crippen molar-refractivity contribution >= 4 is 30.3 Å². The Bertz CT molecular complexity index is 982. The van der Waals surface area contributed by atoms with E-state index >= 15 is 0 Å². The Kier molecular flexibility index (Phi) is 3.87. The number of nitrogens with two attached hydrogens (primary N) is 1. The molecule has 10 heteroatoms. The number of nitrogens with zero attached hydrogens (tertiary/aromatic N) is 1. The number of pyridine rings is 1. The highest BCUT2D eigenvalue weighted by atomic mass is 32.1. The summed E-state index contributed by atoms with van der Waals surface area (Å²) in [5.41, 5.74) is 3.73. The molecule has 0 aliphatic carbocycles. The van der Waals surface area contributed by atoms with E-state index in [0.29, 0.717) is 5.56 Å². The Hall–Kier alpha value is -2.75. The van der Waals surface area contributed by atoms with Gasteiger partial charge in [-0.05, 0) is 17.7 Å². The zero-order chi connectivity index (χ0) is 18.5. The van der Waals surface area contributed by atoms with Crippen molar-refractivity contribution < 1.29 is 22.8 Å². The first-order valence-electron chi connectivity index (χ1n) is 6.87. The molecule has 1 aliphatic rings. The molecule has 0 saturated heterocycles. The Labute approximate surface area is 143 Å². The van der Waals surface area contributed by atoms with E-state index in [0.717, 1.165) is 22.8 Å². The zero-order valence-electron chi connectivity index (χ0n) is 12.3. The predicted molar refractivity (Wildman–Crippen MR) is 85.9 cm³/mol. The maximum atomic E-state index is 13.0. The average molecular weight is 369 g/mol. The number of nitrogens with one attached hydrogen (secondary N) is 1. The number of carbonyl (C=O) groups is 2. The lowest BCUT2D eigenvalue weighted by Crippen LogP contribution is -2.25. The smallest absolute Gasteiger partial charge is 0.384 e. The number of fused-ring (bicyclic) bond motifs is 1. The lowest BCUT2D eigenvalue weighted by Gasteiger charge is -2.17. The van der Waals surface area contributed by atoms with Crippen LogP contribution in [0.5, 0.6) is 0 Å². The largest absolute Gasteiger partial charge is 0.416 e. The number of hydrogen-bond acceptors (Lipinski definition) is 5. The highest BCUT2D eigenvalue weighted by molar-refractivity contribution is 7.79. The minimum absolute atomic E-state index is 0.0293. The van der Waals surface area contributed by atoms with E-state index in [1.165, 1.54) is 6.07 Å². The average Bonchev–Trinajstić information content (AvgIpc) is 2.80. The Balaban J connectivity index is 2.35. The van der Waals surface area contributed by atoms with E-state index in [-0.39, 0.29) is 22.6 Å². The van der Waals surface area contributed by atoms with Gasteiger partial charge in [-0.1, -0.05) is 6.07 Å². The van der Waals surface area contributed by atoms with Crippen molar-refractivity contribution in [3.8, 4) is 5.69 Å². The number of nitrogen functional groups attached to an aromatic ring is 1. The first kappa shape index (κ1) is 17.1. The first-order valence-corrected chi connectivity index (χ1v) is 7.51. The molecule has 1 aromatic heterocycles. The second-order valence-corrected chi connectivity index (χ2v) is 5.59. The third-order valence-corrected chi connectivity index (χ3v) is 4.12. The molecular formula is C15H10F3N3O3S. The van der Waals surface area contributed by atoms with E-state index in [1.807, 2.05) is 5.32 Å². The number of thiol groups is 1. The van der Waals surface area contributed by atoms with Gasteiger partial charge in [-0.3, -0.25) is 24.3 Å². The lowest BCUT2D eigenvalue weighted by atomic mass is 10.1. The number of anilines is 1. The summed E-state index contributed by atoms with van der Waals surface area (Å²) in [5, 5.41) is 1.99. The molecule has 2 amide bonds. The van der Waals surface area contributed by atoms with Gasteiger partial charge in [0.2, 0.25) is 0 Å². The van der Waals surface area contributed by atoms with Crippen LogP contribution in [0.4, 0.5) is 19.0 Å². The standard InChI is InChI=1S/C15H10F3N3O3S/c16-15(17,18)7-2-1-6(5-25)9(3-7)21-10(22)4-8-11(12(21)19)14(24)20-13(8)23/h1-4,25H,5,19H2,(H,20,23,24). The molecule has 1 aromatic carbocycles. The fourth-order valence-corrected chi connectivity index (χ4v) is 2.88. The lowest BCUT2D eigenvalue weighted by molar-refractivity contribution is -0.137. The number of benzene rings is 1. The number of carbonyl (C=O) groups excluding carboxylic acids is 2. The molecule has 130 valence electrons. The summed E-state index contributed by atoms with van der Waals surface area (Å²) < 4.78 is 39.8. The van der Waals surface area contributed by atoms with Crippen LogP contribution < -0.4 is 16.6 Å². The molecule has 6 nitrogen and oxygen atoms in total. The summed E-state index contributed by atoms with van der Waals surface area (Å²) in [6.07, 6.45) is -4.63. The molecule has 1 aliphatic heterocycles. The molecule has 2 heterocycles. The number of aromatic nitrogens is 1. The Morgan fingerprint density at radius 2 is 1.80 bits per heavy atom. The summed E-state index contributed by atoms with van der Waals surface area (Å²) in [6, 6.07) is 3.66. The molecule has 3 N–H and O–H groups in total. The normalized spacial score (nSPS) is 13.8. The van der Waals surface area contributed by atoms with Gasteiger partial charge in [-0.2, -0.15) is 25.8 Å². The van der Waals surface area contributed by atoms with Gasteiger partial charge in [-0.25, -0.2) is 0 Å². The number of hydrogen-bond donors (Lipinski definition) is 3. The van der Waals surface area contributed by atoms with Gasteiger partial charge in [0, 0.05) is 11.8 Å². The molecule has 0 fully saturated rings. The van der Waals surface area contributed by atoms with Crippen molar-refractivity contribution in [1.29, 1.82) is 0 Å². The molecule has 0 saturated carbocycles. The Morgan fingerprint density at radius 3 is 2.40 bits per heavy atom. The SMILES string of the molecule is Nc1c2c(cc(=O)n1-c1cc(C(F)(F)F)ccc1CS)C(=O)NC2=O. The van der Waals surface area contributed by atoms with Crippen LogP contribution in [0.3, 0.4) is 0 Å². The fraction of sp³-hybridized carbons (Fsp3) is 0.133. The Morgan fingerprint density at radius 1 is 1.12 bits per heavy atom. The summed E-state index contributed by atoms with van der Waals surface area (Å²) in [5.74, 6) is -1.98. The second-order valence-electron chi connectivity index (χ2n) is 5.27. The van der Waals surface area contributed by atoms with Crippen LogP contribution in [0.2, 0.25) is 0 Å². The third kappa shape index (κ3) is 2.68.